The molecule has 0 saturated carbocycles. The second kappa shape index (κ2) is 32.6. The minimum Gasteiger partial charge on any atom is -0.394 e. The van der Waals surface area contributed by atoms with Gasteiger partial charge in [0.1, 0.15) is 24.4 Å². The van der Waals surface area contributed by atoms with Crippen molar-refractivity contribution >= 4 is 5.91 Å². The zero-order chi connectivity index (χ0) is 36.7. The topological polar surface area (TPSA) is 149 Å². The number of carbonyl (C=O) groups excluding carboxylic acids is 1. The molecule has 50 heavy (non-hydrogen) atoms. The van der Waals surface area contributed by atoms with Gasteiger partial charge >= 0.3 is 0 Å². The van der Waals surface area contributed by atoms with Gasteiger partial charge in [0.05, 0.1) is 25.4 Å². The molecule has 7 atom stereocenters. The lowest BCUT2D eigenvalue weighted by atomic mass is 9.99. The first-order valence-electron chi connectivity index (χ1n) is 20.9. The minimum atomic E-state index is -1.56. The van der Waals surface area contributed by atoms with Crippen LogP contribution in [0.3, 0.4) is 0 Å². The Balaban J connectivity index is 2.42. The Hall–Kier alpha value is -1.07. The van der Waals surface area contributed by atoms with E-state index in [4.69, 9.17) is 9.47 Å². The normalized spacial score (nSPS) is 22.3. The van der Waals surface area contributed by atoms with Crippen LogP contribution in [0, 0.1) is 0 Å². The number of ether oxygens (including phenoxy) is 2. The average Bonchev–Trinajstić information content (AvgIpc) is 3.11. The first-order chi connectivity index (χ1) is 24.3. The third-order valence-corrected chi connectivity index (χ3v) is 10.1. The molecule has 1 heterocycles. The van der Waals surface area contributed by atoms with E-state index in [9.17, 15) is 30.3 Å². The van der Waals surface area contributed by atoms with Gasteiger partial charge in [-0.3, -0.25) is 4.79 Å². The molecule has 9 heteroatoms. The summed E-state index contributed by atoms with van der Waals surface area (Å²) >= 11 is 0. The van der Waals surface area contributed by atoms with Gasteiger partial charge in [0.15, 0.2) is 6.29 Å². The predicted octanol–water partition coefficient (Wildman–Crippen LogP) is 7.78. The Morgan fingerprint density at radius 1 is 0.660 bits per heavy atom. The molecule has 9 nitrogen and oxygen atoms in total. The van der Waals surface area contributed by atoms with E-state index in [0.717, 1.165) is 38.5 Å². The van der Waals surface area contributed by atoms with Crippen LogP contribution >= 0.6 is 0 Å². The van der Waals surface area contributed by atoms with Gasteiger partial charge in [0.2, 0.25) is 5.91 Å². The van der Waals surface area contributed by atoms with Gasteiger partial charge in [0.25, 0.3) is 0 Å². The van der Waals surface area contributed by atoms with Crippen molar-refractivity contribution < 1.29 is 39.8 Å². The maximum absolute atomic E-state index is 12.9. The van der Waals surface area contributed by atoms with E-state index in [1.165, 1.54) is 128 Å². The van der Waals surface area contributed by atoms with Gasteiger partial charge in [-0.25, -0.2) is 0 Å². The highest BCUT2D eigenvalue weighted by Crippen LogP contribution is 2.22. The Bertz CT molecular complexity index is 797. The number of hydrogen-bond acceptors (Lipinski definition) is 8. The van der Waals surface area contributed by atoms with Crippen LogP contribution in [0.25, 0.3) is 0 Å². The van der Waals surface area contributed by atoms with E-state index in [0.29, 0.717) is 6.42 Å². The number of rotatable bonds is 34. The fraction of sp³-hybridized carbons (Fsp3) is 0.927. The minimum absolute atomic E-state index is 0.177. The standard InChI is InChI=1S/C41H79NO8/c1-3-5-7-9-11-13-15-17-19-20-22-24-26-28-30-35(44)34(33-49-41-40(48)39(47)38(46)36(32-43)50-41)42-37(45)31-29-27-25-23-21-18-16-14-12-10-8-6-4-2/h28,30,34-36,38-41,43-44,46-48H,3-27,29,31-33H2,1-2H3,(H,42,45)/b30-28+. The van der Waals surface area contributed by atoms with Crippen molar-refractivity contribution in [3.8, 4) is 0 Å². The van der Waals surface area contributed by atoms with Gasteiger partial charge in [-0.05, 0) is 19.3 Å². The summed E-state index contributed by atoms with van der Waals surface area (Å²) in [5.74, 6) is -0.177. The zero-order valence-electron chi connectivity index (χ0n) is 32.2. The van der Waals surface area contributed by atoms with Crippen LogP contribution in [0.15, 0.2) is 12.2 Å². The molecule has 0 aromatic carbocycles. The number of aliphatic hydroxyl groups excluding tert-OH is 5. The van der Waals surface area contributed by atoms with Crippen molar-refractivity contribution in [2.24, 2.45) is 0 Å². The molecule has 1 rings (SSSR count). The fourth-order valence-electron chi connectivity index (χ4n) is 6.68. The smallest absolute Gasteiger partial charge is 0.220 e. The van der Waals surface area contributed by atoms with Gasteiger partial charge in [-0.2, -0.15) is 0 Å². The van der Waals surface area contributed by atoms with E-state index in [1.54, 1.807) is 6.08 Å². The fourth-order valence-corrected chi connectivity index (χ4v) is 6.68. The summed E-state index contributed by atoms with van der Waals surface area (Å²) in [5, 5.41) is 54.0. The lowest BCUT2D eigenvalue weighted by molar-refractivity contribution is -0.302. The lowest BCUT2D eigenvalue weighted by Crippen LogP contribution is -2.60. The van der Waals surface area contributed by atoms with Crippen LogP contribution in [-0.2, 0) is 14.3 Å². The van der Waals surface area contributed by atoms with Crippen LogP contribution in [0.2, 0.25) is 0 Å². The van der Waals surface area contributed by atoms with Crippen LogP contribution in [0.4, 0.5) is 0 Å². The largest absolute Gasteiger partial charge is 0.394 e. The molecule has 0 bridgehead atoms. The summed E-state index contributed by atoms with van der Waals surface area (Å²) < 4.78 is 11.2. The van der Waals surface area contributed by atoms with E-state index >= 15 is 0 Å². The maximum Gasteiger partial charge on any atom is 0.220 e. The van der Waals surface area contributed by atoms with E-state index < -0.39 is 49.5 Å². The number of unbranched alkanes of at least 4 members (excludes halogenated alkanes) is 24. The van der Waals surface area contributed by atoms with Gasteiger partial charge in [-0.15, -0.1) is 0 Å². The Kier molecular flexibility index (Phi) is 30.6. The van der Waals surface area contributed by atoms with Crippen molar-refractivity contribution in [1.29, 1.82) is 0 Å². The third-order valence-electron chi connectivity index (χ3n) is 10.1. The SMILES string of the molecule is CCCCCCCCCCCCCC/C=C/C(O)C(COC1OC(CO)C(O)C(O)C1O)NC(=O)CCCCCCCCCCCCCCC. The molecule has 1 amide bonds. The highest BCUT2D eigenvalue weighted by Gasteiger charge is 2.44. The number of hydrogen-bond donors (Lipinski definition) is 6. The van der Waals surface area contributed by atoms with Crippen molar-refractivity contribution in [2.45, 2.75) is 230 Å². The molecular weight excluding hydrogens is 634 g/mol. The maximum atomic E-state index is 12.9. The van der Waals surface area contributed by atoms with Gasteiger partial charge < -0.3 is 40.3 Å². The summed E-state index contributed by atoms with van der Waals surface area (Å²) in [7, 11) is 0. The highest BCUT2D eigenvalue weighted by atomic mass is 16.7. The summed E-state index contributed by atoms with van der Waals surface area (Å²) in [6, 6.07) is -0.796. The molecule has 6 N–H and O–H groups in total. The van der Waals surface area contributed by atoms with Crippen LogP contribution in [0.1, 0.15) is 187 Å². The summed E-state index contributed by atoms with van der Waals surface area (Å²) in [6.45, 7) is 3.76. The number of allylic oxidation sites excluding steroid dienone is 1. The molecule has 0 aliphatic carbocycles. The van der Waals surface area contributed by atoms with Gasteiger partial charge in [0, 0.05) is 6.42 Å². The van der Waals surface area contributed by atoms with Crippen molar-refractivity contribution in [1.82, 2.24) is 5.32 Å². The van der Waals surface area contributed by atoms with E-state index in [1.807, 2.05) is 6.08 Å². The van der Waals surface area contributed by atoms with E-state index in [-0.39, 0.29) is 12.5 Å². The quantitative estimate of drug-likeness (QED) is 0.0293. The molecule has 1 saturated heterocycles. The molecule has 1 aliphatic rings. The van der Waals surface area contributed by atoms with E-state index in [2.05, 4.69) is 19.2 Å². The molecule has 1 fully saturated rings. The van der Waals surface area contributed by atoms with Crippen LogP contribution < -0.4 is 5.32 Å². The Morgan fingerprint density at radius 2 is 1.10 bits per heavy atom. The Labute approximate surface area is 306 Å². The predicted molar refractivity (Wildman–Crippen MR) is 203 cm³/mol. The summed E-state index contributed by atoms with van der Waals surface area (Å²) in [6.07, 6.45) is 28.2. The number of nitrogens with one attached hydrogen (secondary N) is 1. The molecule has 1 aliphatic heterocycles. The summed E-state index contributed by atoms with van der Waals surface area (Å²) in [4.78, 5) is 12.9. The summed E-state index contributed by atoms with van der Waals surface area (Å²) in [5.41, 5.74) is 0. The average molecular weight is 714 g/mol. The monoisotopic (exact) mass is 714 g/mol. The number of amides is 1. The second-order valence-corrected chi connectivity index (χ2v) is 14.8. The molecule has 7 unspecified atom stereocenters. The van der Waals surface area contributed by atoms with Crippen molar-refractivity contribution in [3.05, 3.63) is 12.2 Å². The Morgan fingerprint density at radius 3 is 1.56 bits per heavy atom. The number of carbonyl (C=O) groups is 1. The highest BCUT2D eigenvalue weighted by molar-refractivity contribution is 5.76. The molecular formula is C41H79NO8. The first kappa shape index (κ1) is 47.0. The molecule has 296 valence electrons. The molecule has 0 aromatic rings. The second-order valence-electron chi connectivity index (χ2n) is 14.8. The molecule has 0 spiro atoms. The van der Waals surface area contributed by atoms with Crippen molar-refractivity contribution in [2.75, 3.05) is 13.2 Å². The number of aliphatic hydroxyl groups is 5. The van der Waals surface area contributed by atoms with Crippen LogP contribution in [-0.4, -0.2) is 87.5 Å². The third kappa shape index (κ3) is 23.5. The van der Waals surface area contributed by atoms with Crippen molar-refractivity contribution in [3.63, 3.8) is 0 Å². The zero-order valence-corrected chi connectivity index (χ0v) is 32.2. The molecule has 0 aromatic heterocycles. The van der Waals surface area contributed by atoms with Gasteiger partial charge in [-0.1, -0.05) is 174 Å². The first-order valence-corrected chi connectivity index (χ1v) is 20.9. The lowest BCUT2D eigenvalue weighted by Gasteiger charge is -2.40. The molecule has 0 radical (unpaired) electrons. The van der Waals surface area contributed by atoms with Crippen LogP contribution in [0.5, 0.6) is 0 Å².